The van der Waals surface area contributed by atoms with E-state index in [2.05, 4.69) is 17.9 Å². The van der Waals surface area contributed by atoms with Gasteiger partial charge in [0.05, 0.1) is 6.61 Å². The second kappa shape index (κ2) is 6.02. The molecule has 0 aliphatic rings. The standard InChI is InChI=1S/C10H15NOS/c11-10(6-12)8-13-7-9-4-2-1-3-5-9/h1-5,10,12H,6-8,11H2/p+1/t10-/m0/s1. The number of thioether (sulfide) groups is 1. The molecular formula is C10H16NOS+. The lowest BCUT2D eigenvalue weighted by Crippen LogP contribution is -2.64. The van der Waals surface area contributed by atoms with Crippen LogP contribution in [-0.2, 0) is 5.75 Å². The minimum atomic E-state index is 0.161. The summed E-state index contributed by atoms with van der Waals surface area (Å²) in [6.45, 7) is 0.182. The minimum Gasteiger partial charge on any atom is -0.390 e. The average molecular weight is 198 g/mol. The lowest BCUT2D eigenvalue weighted by molar-refractivity contribution is -0.417. The molecule has 0 aliphatic heterocycles. The Bertz CT molecular complexity index is 228. The van der Waals surface area contributed by atoms with Crippen molar-refractivity contribution in [3.8, 4) is 0 Å². The minimum absolute atomic E-state index is 0.161. The molecule has 0 heterocycles. The Balaban J connectivity index is 2.20. The lowest BCUT2D eigenvalue weighted by atomic mass is 10.2. The van der Waals surface area contributed by atoms with E-state index in [4.69, 9.17) is 5.11 Å². The smallest absolute Gasteiger partial charge is 0.117 e. The van der Waals surface area contributed by atoms with Crippen LogP contribution in [0.15, 0.2) is 30.3 Å². The molecule has 0 spiro atoms. The molecule has 2 nitrogen and oxygen atoms in total. The Labute approximate surface area is 83.1 Å². The maximum Gasteiger partial charge on any atom is 0.117 e. The zero-order chi connectivity index (χ0) is 9.52. The van der Waals surface area contributed by atoms with Gasteiger partial charge in [-0.3, -0.25) is 0 Å². The van der Waals surface area contributed by atoms with Gasteiger partial charge in [-0.1, -0.05) is 30.3 Å². The topological polar surface area (TPSA) is 47.9 Å². The van der Waals surface area contributed by atoms with Gasteiger partial charge in [0, 0.05) is 11.5 Å². The van der Waals surface area contributed by atoms with E-state index in [0.717, 1.165) is 11.5 Å². The third kappa shape index (κ3) is 4.31. The molecule has 0 amide bonds. The van der Waals surface area contributed by atoms with Crippen molar-refractivity contribution < 1.29 is 10.8 Å². The van der Waals surface area contributed by atoms with E-state index < -0.39 is 0 Å². The Hall–Kier alpha value is -0.510. The molecule has 1 aromatic carbocycles. The van der Waals surface area contributed by atoms with Crippen LogP contribution in [0.1, 0.15) is 5.56 Å². The number of hydrogen-bond acceptors (Lipinski definition) is 2. The van der Waals surface area contributed by atoms with Crippen LogP contribution in [0, 0.1) is 0 Å². The Kier molecular flexibility index (Phi) is 4.90. The third-order valence-corrected chi connectivity index (χ3v) is 2.97. The van der Waals surface area contributed by atoms with Crippen LogP contribution < -0.4 is 5.73 Å². The average Bonchev–Trinajstić information content (AvgIpc) is 2.19. The third-order valence-electron chi connectivity index (χ3n) is 1.72. The molecule has 0 radical (unpaired) electrons. The first kappa shape index (κ1) is 10.6. The van der Waals surface area contributed by atoms with E-state index in [-0.39, 0.29) is 12.6 Å². The molecule has 1 atom stereocenters. The van der Waals surface area contributed by atoms with Crippen LogP contribution in [0.25, 0.3) is 0 Å². The van der Waals surface area contributed by atoms with E-state index in [1.54, 1.807) is 0 Å². The highest BCUT2D eigenvalue weighted by molar-refractivity contribution is 7.98. The summed E-state index contributed by atoms with van der Waals surface area (Å²) in [6.07, 6.45) is 0. The number of hydrogen-bond donors (Lipinski definition) is 2. The number of aliphatic hydroxyl groups is 1. The molecule has 3 heteroatoms. The number of benzene rings is 1. The summed E-state index contributed by atoms with van der Waals surface area (Å²) in [4.78, 5) is 0. The summed E-state index contributed by atoms with van der Waals surface area (Å²) in [5.74, 6) is 1.93. The Morgan fingerprint density at radius 1 is 1.31 bits per heavy atom. The van der Waals surface area contributed by atoms with Gasteiger partial charge in [-0.15, -0.1) is 0 Å². The second-order valence-corrected chi connectivity index (χ2v) is 4.08. The highest BCUT2D eigenvalue weighted by Gasteiger charge is 2.03. The maximum atomic E-state index is 8.76. The molecule has 1 rings (SSSR count). The number of quaternary nitrogens is 1. The van der Waals surface area contributed by atoms with Gasteiger partial charge in [0.25, 0.3) is 0 Å². The fourth-order valence-electron chi connectivity index (χ4n) is 0.970. The van der Waals surface area contributed by atoms with Crippen molar-refractivity contribution in [2.75, 3.05) is 12.4 Å². The van der Waals surface area contributed by atoms with Crippen LogP contribution in [0.3, 0.4) is 0 Å². The van der Waals surface area contributed by atoms with Gasteiger partial charge in [-0.05, 0) is 5.56 Å². The zero-order valence-electron chi connectivity index (χ0n) is 7.65. The predicted molar refractivity (Wildman–Crippen MR) is 56.4 cm³/mol. The van der Waals surface area contributed by atoms with E-state index in [0.29, 0.717) is 0 Å². The van der Waals surface area contributed by atoms with Crippen LogP contribution >= 0.6 is 11.8 Å². The molecule has 0 saturated carbocycles. The van der Waals surface area contributed by atoms with Gasteiger partial charge < -0.3 is 10.8 Å². The first-order valence-corrected chi connectivity index (χ1v) is 5.54. The van der Waals surface area contributed by atoms with Gasteiger partial charge in [0.1, 0.15) is 6.04 Å². The van der Waals surface area contributed by atoms with Crippen molar-refractivity contribution in [3.05, 3.63) is 35.9 Å². The molecule has 0 aromatic heterocycles. The molecule has 72 valence electrons. The van der Waals surface area contributed by atoms with Crippen molar-refractivity contribution in [1.82, 2.24) is 0 Å². The van der Waals surface area contributed by atoms with Crippen LogP contribution in [-0.4, -0.2) is 23.5 Å². The fourth-order valence-corrected chi connectivity index (χ4v) is 1.96. The van der Waals surface area contributed by atoms with E-state index >= 15 is 0 Å². The van der Waals surface area contributed by atoms with Gasteiger partial charge in [-0.2, -0.15) is 11.8 Å². The van der Waals surface area contributed by atoms with Crippen molar-refractivity contribution >= 4 is 11.8 Å². The summed E-state index contributed by atoms with van der Waals surface area (Å²) >= 11 is 1.82. The summed E-state index contributed by atoms with van der Waals surface area (Å²) in [5.41, 5.74) is 5.15. The fraction of sp³-hybridized carbons (Fsp3) is 0.400. The normalized spacial score (nSPS) is 12.8. The summed E-state index contributed by atoms with van der Waals surface area (Å²) < 4.78 is 0. The van der Waals surface area contributed by atoms with Crippen molar-refractivity contribution in [3.63, 3.8) is 0 Å². The number of aliphatic hydroxyl groups excluding tert-OH is 1. The van der Waals surface area contributed by atoms with Crippen LogP contribution in [0.4, 0.5) is 0 Å². The second-order valence-electron chi connectivity index (χ2n) is 3.05. The maximum absolute atomic E-state index is 8.76. The van der Waals surface area contributed by atoms with Gasteiger partial charge in [0.15, 0.2) is 0 Å². The molecule has 0 saturated heterocycles. The summed E-state index contributed by atoms with van der Waals surface area (Å²) in [7, 11) is 0. The summed E-state index contributed by atoms with van der Waals surface area (Å²) in [5, 5.41) is 8.76. The Morgan fingerprint density at radius 2 is 2.00 bits per heavy atom. The van der Waals surface area contributed by atoms with Crippen molar-refractivity contribution in [2.24, 2.45) is 0 Å². The molecule has 0 unspecified atom stereocenters. The van der Waals surface area contributed by atoms with Gasteiger partial charge in [0.2, 0.25) is 0 Å². The molecule has 0 bridgehead atoms. The number of rotatable bonds is 5. The molecule has 0 fully saturated rings. The molecule has 0 aliphatic carbocycles. The molecule has 13 heavy (non-hydrogen) atoms. The predicted octanol–water partition coefficient (Wildman–Crippen LogP) is 0.523. The first-order chi connectivity index (χ1) is 6.33. The van der Waals surface area contributed by atoms with Gasteiger partial charge in [-0.25, -0.2) is 0 Å². The zero-order valence-corrected chi connectivity index (χ0v) is 8.46. The van der Waals surface area contributed by atoms with Crippen molar-refractivity contribution in [2.45, 2.75) is 11.8 Å². The van der Waals surface area contributed by atoms with Gasteiger partial charge >= 0.3 is 0 Å². The summed E-state index contributed by atoms with van der Waals surface area (Å²) in [6, 6.07) is 10.5. The van der Waals surface area contributed by atoms with E-state index in [9.17, 15) is 0 Å². The quantitative estimate of drug-likeness (QED) is 0.725. The van der Waals surface area contributed by atoms with Crippen molar-refractivity contribution in [1.29, 1.82) is 0 Å². The van der Waals surface area contributed by atoms with E-state index in [1.165, 1.54) is 5.56 Å². The van der Waals surface area contributed by atoms with Crippen LogP contribution in [0.5, 0.6) is 0 Å². The largest absolute Gasteiger partial charge is 0.390 e. The highest BCUT2D eigenvalue weighted by Crippen LogP contribution is 2.11. The monoisotopic (exact) mass is 198 g/mol. The SMILES string of the molecule is [NH3+][C@@H](CO)CSCc1ccccc1. The lowest BCUT2D eigenvalue weighted by Gasteiger charge is -2.04. The molecule has 1 aromatic rings. The molecule has 4 N–H and O–H groups in total. The molecular weight excluding hydrogens is 182 g/mol. The first-order valence-electron chi connectivity index (χ1n) is 4.38. The van der Waals surface area contributed by atoms with Crippen LogP contribution in [0.2, 0.25) is 0 Å². The highest BCUT2D eigenvalue weighted by atomic mass is 32.2. The Morgan fingerprint density at radius 3 is 2.62 bits per heavy atom. The van der Waals surface area contributed by atoms with E-state index in [1.807, 2.05) is 30.0 Å².